The van der Waals surface area contributed by atoms with Gasteiger partial charge >= 0.3 is 17.8 Å². The predicted molar refractivity (Wildman–Crippen MR) is 125 cm³/mol. The Morgan fingerprint density at radius 3 is 2.43 bits per heavy atom. The Kier molecular flexibility index (Phi) is 8.43. The van der Waals surface area contributed by atoms with Gasteiger partial charge < -0.3 is 28.7 Å². The summed E-state index contributed by atoms with van der Waals surface area (Å²) in [6, 6.07) is 14.7. The molecule has 0 saturated carbocycles. The molecule has 0 aliphatic heterocycles. The maximum atomic E-state index is 12.1. The third-order valence-electron chi connectivity index (χ3n) is 4.55. The molecule has 0 aliphatic carbocycles. The Bertz CT molecular complexity index is 1240. The monoisotopic (exact) mass is 481 g/mol. The van der Waals surface area contributed by atoms with E-state index in [0.717, 1.165) is 0 Å². The quantitative estimate of drug-likeness (QED) is 0.206. The number of hydrogen-bond donors (Lipinski definition) is 2. The lowest BCUT2D eigenvalue weighted by atomic mass is 10.2. The molecule has 0 radical (unpaired) electrons. The van der Waals surface area contributed by atoms with Gasteiger partial charge in [-0.3, -0.25) is 9.59 Å². The van der Waals surface area contributed by atoms with Gasteiger partial charge in [0.25, 0.3) is 0 Å². The number of methoxy groups -OCH3 is 3. The molecule has 35 heavy (non-hydrogen) atoms. The Morgan fingerprint density at radius 2 is 1.69 bits per heavy atom. The summed E-state index contributed by atoms with van der Waals surface area (Å²) in [4.78, 5) is 35.6. The lowest BCUT2D eigenvalue weighted by Crippen LogP contribution is -2.32. The maximum absolute atomic E-state index is 12.1. The molecule has 2 amide bonds. The smallest absolute Gasteiger partial charge is 0.373 e. The predicted octanol–water partition coefficient (Wildman–Crippen LogP) is 2.75. The first kappa shape index (κ1) is 24.8. The molecular weight excluding hydrogens is 458 g/mol. The number of furan rings is 1. The normalized spacial score (nSPS) is 10.5. The van der Waals surface area contributed by atoms with Gasteiger partial charge in [-0.2, -0.15) is 5.10 Å². The number of esters is 1. The first-order valence-corrected chi connectivity index (χ1v) is 10.2. The van der Waals surface area contributed by atoms with Gasteiger partial charge in [-0.25, -0.2) is 10.2 Å². The van der Waals surface area contributed by atoms with Gasteiger partial charge in [-0.1, -0.05) is 12.1 Å². The first-order valence-electron chi connectivity index (χ1n) is 10.2. The van der Waals surface area contributed by atoms with E-state index < -0.39 is 17.8 Å². The van der Waals surface area contributed by atoms with Gasteiger partial charge in [0, 0.05) is 0 Å². The van der Waals surface area contributed by atoms with Crippen molar-refractivity contribution < 1.29 is 37.7 Å². The van der Waals surface area contributed by atoms with E-state index >= 15 is 0 Å². The number of ether oxygens (including phenoxy) is 4. The number of amides is 2. The van der Waals surface area contributed by atoms with Crippen molar-refractivity contribution in [1.82, 2.24) is 5.43 Å². The molecule has 3 aromatic rings. The highest BCUT2D eigenvalue weighted by Crippen LogP contribution is 2.28. The van der Waals surface area contributed by atoms with Crippen LogP contribution >= 0.6 is 0 Å². The van der Waals surface area contributed by atoms with Crippen molar-refractivity contribution in [2.24, 2.45) is 5.10 Å². The minimum absolute atomic E-state index is 0.0537. The lowest BCUT2D eigenvalue weighted by molar-refractivity contribution is -0.136. The summed E-state index contributed by atoms with van der Waals surface area (Å²) in [5, 5.41) is 6.26. The third kappa shape index (κ3) is 6.60. The van der Waals surface area contributed by atoms with Crippen molar-refractivity contribution in [3.05, 3.63) is 71.7 Å². The number of carbonyl (C=O) groups excluding carboxylic acids is 3. The third-order valence-corrected chi connectivity index (χ3v) is 4.55. The molecular formula is C24H23N3O8. The van der Waals surface area contributed by atoms with E-state index in [9.17, 15) is 14.4 Å². The highest BCUT2D eigenvalue weighted by atomic mass is 16.5. The average molecular weight is 481 g/mol. The van der Waals surface area contributed by atoms with Crippen LogP contribution in [0.15, 0.2) is 64.1 Å². The van der Waals surface area contributed by atoms with Crippen molar-refractivity contribution >= 4 is 29.7 Å². The molecule has 0 bridgehead atoms. The summed E-state index contributed by atoms with van der Waals surface area (Å²) >= 11 is 0. The second-order valence-corrected chi connectivity index (χ2v) is 6.81. The number of carbonyl (C=O) groups is 3. The van der Waals surface area contributed by atoms with Crippen molar-refractivity contribution in [2.45, 2.75) is 6.61 Å². The SMILES string of the molecule is COC(=O)c1ccc(COc2ccc(C=NNC(=O)C(=O)Nc3ccccc3OC)cc2OC)o1. The lowest BCUT2D eigenvalue weighted by Gasteiger charge is -2.10. The number of benzene rings is 2. The van der Waals surface area contributed by atoms with Gasteiger partial charge in [-0.05, 0) is 48.0 Å². The summed E-state index contributed by atoms with van der Waals surface area (Å²) < 4.78 is 26.1. The second-order valence-electron chi connectivity index (χ2n) is 6.81. The number of nitrogens with one attached hydrogen (secondary N) is 2. The first-order chi connectivity index (χ1) is 16.9. The van der Waals surface area contributed by atoms with E-state index in [1.165, 1.54) is 33.6 Å². The van der Waals surface area contributed by atoms with Gasteiger partial charge in [-0.15, -0.1) is 0 Å². The van der Waals surface area contributed by atoms with Crippen molar-refractivity contribution in [3.63, 3.8) is 0 Å². The molecule has 182 valence electrons. The van der Waals surface area contributed by atoms with Crippen LogP contribution in [0.4, 0.5) is 5.69 Å². The van der Waals surface area contributed by atoms with E-state index in [2.05, 4.69) is 20.6 Å². The molecule has 3 rings (SSSR count). The number of hydrogen-bond acceptors (Lipinski definition) is 9. The Balaban J connectivity index is 1.56. The molecule has 0 unspecified atom stereocenters. The fourth-order valence-electron chi connectivity index (χ4n) is 2.84. The molecule has 0 fully saturated rings. The Hall–Kier alpha value is -4.80. The van der Waals surface area contributed by atoms with Crippen LogP contribution in [0, 0.1) is 0 Å². The Morgan fingerprint density at radius 1 is 0.914 bits per heavy atom. The number of hydrazone groups is 1. The van der Waals surface area contributed by atoms with Crippen LogP contribution in [0.25, 0.3) is 0 Å². The zero-order valence-electron chi connectivity index (χ0n) is 19.2. The van der Waals surface area contributed by atoms with Crippen molar-refractivity contribution in [1.29, 1.82) is 0 Å². The molecule has 0 saturated heterocycles. The molecule has 0 atom stereocenters. The molecule has 1 heterocycles. The van der Waals surface area contributed by atoms with Crippen LogP contribution in [-0.4, -0.2) is 45.3 Å². The van der Waals surface area contributed by atoms with E-state index in [0.29, 0.717) is 34.3 Å². The van der Waals surface area contributed by atoms with Gasteiger partial charge in [0.15, 0.2) is 11.5 Å². The van der Waals surface area contributed by atoms with Crippen LogP contribution in [0.5, 0.6) is 17.2 Å². The van der Waals surface area contributed by atoms with Crippen molar-refractivity contribution in [2.75, 3.05) is 26.6 Å². The number of anilines is 1. The summed E-state index contributed by atoms with van der Waals surface area (Å²) in [5.74, 6) is -0.709. The van der Waals surface area contributed by atoms with Crippen molar-refractivity contribution in [3.8, 4) is 17.2 Å². The zero-order valence-corrected chi connectivity index (χ0v) is 19.2. The standard InChI is InChI=1S/C24H23N3O8/c1-31-18-7-5-4-6-17(18)26-22(28)23(29)27-25-13-15-8-10-19(21(12-15)32-2)34-14-16-9-11-20(35-16)24(30)33-3/h4-13H,14H2,1-3H3,(H,26,28)(H,27,29). The molecule has 2 N–H and O–H groups in total. The van der Waals surface area contributed by atoms with Gasteiger partial charge in [0.2, 0.25) is 5.76 Å². The second kappa shape index (κ2) is 11.9. The number of rotatable bonds is 9. The summed E-state index contributed by atoms with van der Waals surface area (Å²) in [7, 11) is 4.19. The van der Waals surface area contributed by atoms with E-state index in [-0.39, 0.29) is 12.4 Å². The highest BCUT2D eigenvalue weighted by Gasteiger charge is 2.15. The van der Waals surface area contributed by atoms with Gasteiger partial charge in [0.05, 0.1) is 33.2 Å². The summed E-state index contributed by atoms with van der Waals surface area (Å²) in [6.45, 7) is 0.0537. The van der Waals surface area contributed by atoms with Crippen LogP contribution < -0.4 is 25.0 Å². The molecule has 2 aromatic carbocycles. The summed E-state index contributed by atoms with van der Waals surface area (Å²) in [5.41, 5.74) is 3.09. The van der Waals surface area contributed by atoms with Crippen LogP contribution in [0.2, 0.25) is 0 Å². The minimum Gasteiger partial charge on any atom is -0.495 e. The fraction of sp³-hybridized carbons (Fsp3) is 0.167. The number of para-hydroxylation sites is 2. The largest absolute Gasteiger partial charge is 0.495 e. The minimum atomic E-state index is -0.955. The van der Waals surface area contributed by atoms with Crippen LogP contribution in [0.3, 0.4) is 0 Å². The topological polar surface area (TPSA) is 138 Å². The van der Waals surface area contributed by atoms with Crippen LogP contribution in [0.1, 0.15) is 21.9 Å². The van der Waals surface area contributed by atoms with E-state index in [1.54, 1.807) is 48.5 Å². The van der Waals surface area contributed by atoms with E-state index in [1.807, 2.05) is 0 Å². The molecule has 1 aromatic heterocycles. The molecule has 11 nitrogen and oxygen atoms in total. The number of nitrogens with zero attached hydrogens (tertiary/aromatic N) is 1. The van der Waals surface area contributed by atoms with Gasteiger partial charge in [0.1, 0.15) is 18.1 Å². The Labute approximate surface area is 200 Å². The average Bonchev–Trinajstić information content (AvgIpc) is 3.36. The highest BCUT2D eigenvalue weighted by molar-refractivity contribution is 6.39. The molecule has 11 heteroatoms. The zero-order chi connectivity index (χ0) is 25.2. The van der Waals surface area contributed by atoms with Crippen LogP contribution in [-0.2, 0) is 20.9 Å². The molecule has 0 aliphatic rings. The fourth-order valence-corrected chi connectivity index (χ4v) is 2.84. The van der Waals surface area contributed by atoms with E-state index in [4.69, 9.17) is 18.6 Å². The summed E-state index contributed by atoms with van der Waals surface area (Å²) in [6.07, 6.45) is 1.34. The molecule has 0 spiro atoms. The maximum Gasteiger partial charge on any atom is 0.373 e.